The molecule has 0 aliphatic rings. The molecule has 0 fully saturated rings. The molecule has 5 heteroatoms. The van der Waals surface area contributed by atoms with E-state index < -0.39 is 11.8 Å². The average molecular weight is 338 g/mol. The topological polar surface area (TPSA) is 38.3 Å². The van der Waals surface area contributed by atoms with Crippen LogP contribution in [0.4, 0.5) is 10.1 Å². The van der Waals surface area contributed by atoms with Crippen LogP contribution in [-0.2, 0) is 11.3 Å². The summed E-state index contributed by atoms with van der Waals surface area (Å²) in [6.07, 6.45) is 0. The summed E-state index contributed by atoms with van der Waals surface area (Å²) in [7, 11) is 1.29. The Labute approximate surface area is 124 Å². The molecule has 2 aromatic rings. The number of ether oxygens (including phenoxy) is 1. The molecule has 0 saturated carbocycles. The van der Waals surface area contributed by atoms with E-state index in [4.69, 9.17) is 0 Å². The van der Waals surface area contributed by atoms with E-state index in [0.29, 0.717) is 17.8 Å². The van der Waals surface area contributed by atoms with Gasteiger partial charge in [-0.05, 0) is 29.8 Å². The molecule has 0 radical (unpaired) electrons. The number of halogens is 2. The van der Waals surface area contributed by atoms with Crippen LogP contribution in [0.5, 0.6) is 0 Å². The van der Waals surface area contributed by atoms with Gasteiger partial charge in [0.1, 0.15) is 5.82 Å². The van der Waals surface area contributed by atoms with Crippen LogP contribution < -0.4 is 5.32 Å². The molecule has 3 nitrogen and oxygen atoms in total. The third-order valence-corrected chi connectivity index (χ3v) is 3.59. The first kappa shape index (κ1) is 14.5. The van der Waals surface area contributed by atoms with Crippen LogP contribution in [0.1, 0.15) is 15.9 Å². The summed E-state index contributed by atoms with van der Waals surface area (Å²) in [6, 6.07) is 11.6. The number of rotatable bonds is 4. The first-order chi connectivity index (χ1) is 9.61. The number of anilines is 1. The fraction of sp³-hybridized carbons (Fsp3) is 0.133. The van der Waals surface area contributed by atoms with Gasteiger partial charge in [-0.3, -0.25) is 0 Å². The summed E-state index contributed by atoms with van der Waals surface area (Å²) < 4.78 is 18.9. The molecule has 104 valence electrons. The zero-order chi connectivity index (χ0) is 14.5. The molecule has 0 aromatic heterocycles. The zero-order valence-electron chi connectivity index (χ0n) is 10.8. The smallest absolute Gasteiger partial charge is 0.339 e. The van der Waals surface area contributed by atoms with E-state index in [0.717, 1.165) is 10.0 Å². The second kappa shape index (κ2) is 6.52. The second-order valence-electron chi connectivity index (χ2n) is 4.13. The highest BCUT2D eigenvalue weighted by Crippen LogP contribution is 2.21. The molecule has 0 amide bonds. The van der Waals surface area contributed by atoms with Crippen molar-refractivity contribution in [3.8, 4) is 0 Å². The number of carbonyl (C=O) groups is 1. The lowest BCUT2D eigenvalue weighted by molar-refractivity contribution is 0.0602. The van der Waals surface area contributed by atoms with Crippen molar-refractivity contribution in [3.05, 3.63) is 63.9 Å². The van der Waals surface area contributed by atoms with Crippen molar-refractivity contribution in [1.29, 1.82) is 0 Å². The molecule has 0 unspecified atom stereocenters. The fourth-order valence-electron chi connectivity index (χ4n) is 1.78. The number of hydrogen-bond acceptors (Lipinski definition) is 3. The van der Waals surface area contributed by atoms with Crippen LogP contribution in [0.3, 0.4) is 0 Å². The minimum Gasteiger partial charge on any atom is -0.465 e. The number of nitrogens with one attached hydrogen (secondary N) is 1. The number of carbonyl (C=O) groups excluding carboxylic acids is 1. The first-order valence-electron chi connectivity index (χ1n) is 5.97. The molecule has 0 aliphatic heterocycles. The molecule has 0 saturated heterocycles. The van der Waals surface area contributed by atoms with Crippen LogP contribution in [0.15, 0.2) is 46.9 Å². The molecule has 0 atom stereocenters. The van der Waals surface area contributed by atoms with Gasteiger partial charge in [0.05, 0.1) is 18.4 Å². The fourth-order valence-corrected chi connectivity index (χ4v) is 2.21. The van der Waals surface area contributed by atoms with Gasteiger partial charge in [-0.15, -0.1) is 0 Å². The van der Waals surface area contributed by atoms with E-state index in [-0.39, 0.29) is 0 Å². The predicted molar refractivity (Wildman–Crippen MR) is 79.2 cm³/mol. The minimum absolute atomic E-state index is 0.306. The Morgan fingerprint density at radius 3 is 2.75 bits per heavy atom. The van der Waals surface area contributed by atoms with Gasteiger partial charge in [0.2, 0.25) is 0 Å². The second-order valence-corrected chi connectivity index (χ2v) is 4.98. The summed E-state index contributed by atoms with van der Waals surface area (Å²) >= 11 is 3.44. The van der Waals surface area contributed by atoms with Crippen LogP contribution >= 0.6 is 15.9 Å². The van der Waals surface area contributed by atoms with Crippen molar-refractivity contribution in [1.82, 2.24) is 0 Å². The predicted octanol–water partition coefficient (Wildman–Crippen LogP) is 3.99. The maximum atomic E-state index is 13.3. The Morgan fingerprint density at radius 2 is 2.05 bits per heavy atom. The van der Waals surface area contributed by atoms with Gasteiger partial charge in [-0.25, -0.2) is 9.18 Å². The van der Waals surface area contributed by atoms with Crippen molar-refractivity contribution < 1.29 is 13.9 Å². The van der Waals surface area contributed by atoms with Gasteiger partial charge < -0.3 is 10.1 Å². The third kappa shape index (κ3) is 3.36. The monoisotopic (exact) mass is 337 g/mol. The van der Waals surface area contributed by atoms with E-state index in [1.165, 1.54) is 25.3 Å². The van der Waals surface area contributed by atoms with E-state index >= 15 is 0 Å². The number of benzene rings is 2. The molecule has 1 N–H and O–H groups in total. The Morgan fingerprint density at radius 1 is 1.30 bits per heavy atom. The maximum Gasteiger partial charge on any atom is 0.339 e. The summed E-state index contributed by atoms with van der Waals surface area (Å²) in [6.45, 7) is 0.467. The largest absolute Gasteiger partial charge is 0.465 e. The van der Waals surface area contributed by atoms with Gasteiger partial charge in [0, 0.05) is 11.0 Å². The average Bonchev–Trinajstić information content (AvgIpc) is 2.46. The zero-order valence-corrected chi connectivity index (χ0v) is 12.4. The number of hydrogen-bond donors (Lipinski definition) is 1. The summed E-state index contributed by atoms with van der Waals surface area (Å²) in [5, 5.41) is 3.06. The van der Waals surface area contributed by atoms with Crippen LogP contribution in [-0.4, -0.2) is 13.1 Å². The minimum atomic E-state index is -0.500. The van der Waals surface area contributed by atoms with E-state index in [1.807, 2.05) is 24.3 Å². The third-order valence-electron chi connectivity index (χ3n) is 2.81. The number of esters is 1. The van der Waals surface area contributed by atoms with Crippen LogP contribution in [0.2, 0.25) is 0 Å². The van der Waals surface area contributed by atoms with Gasteiger partial charge >= 0.3 is 5.97 Å². The van der Waals surface area contributed by atoms with Crippen molar-refractivity contribution in [2.75, 3.05) is 12.4 Å². The van der Waals surface area contributed by atoms with E-state index in [2.05, 4.69) is 26.0 Å². The Kier molecular flexibility index (Phi) is 4.74. The molecule has 0 aliphatic carbocycles. The lowest BCUT2D eigenvalue weighted by atomic mass is 10.1. The highest BCUT2D eigenvalue weighted by atomic mass is 79.9. The lowest BCUT2D eigenvalue weighted by Gasteiger charge is -2.12. The standard InChI is InChI=1S/C15H13BrFNO2/c1-20-15(19)12-7-6-11(17)8-14(12)18-9-10-4-2-3-5-13(10)16/h2-8,18H,9H2,1H3. The molecule has 0 spiro atoms. The van der Waals surface area contributed by atoms with Crippen molar-refractivity contribution in [3.63, 3.8) is 0 Å². The summed E-state index contributed by atoms with van der Waals surface area (Å²) in [5.74, 6) is -0.910. The Hall–Kier alpha value is -1.88. The SMILES string of the molecule is COC(=O)c1ccc(F)cc1NCc1ccccc1Br. The van der Waals surface area contributed by atoms with Crippen LogP contribution in [0, 0.1) is 5.82 Å². The maximum absolute atomic E-state index is 13.3. The summed E-state index contributed by atoms with van der Waals surface area (Å²) in [5.41, 5.74) is 1.72. The molecule has 0 bridgehead atoms. The van der Waals surface area contributed by atoms with Gasteiger partial charge in [-0.2, -0.15) is 0 Å². The highest BCUT2D eigenvalue weighted by molar-refractivity contribution is 9.10. The van der Waals surface area contributed by atoms with Gasteiger partial charge in [-0.1, -0.05) is 34.1 Å². The highest BCUT2D eigenvalue weighted by Gasteiger charge is 2.12. The molecular weight excluding hydrogens is 325 g/mol. The summed E-state index contributed by atoms with van der Waals surface area (Å²) in [4.78, 5) is 11.6. The van der Waals surface area contributed by atoms with Crippen LogP contribution in [0.25, 0.3) is 0 Å². The van der Waals surface area contributed by atoms with Crippen molar-refractivity contribution in [2.45, 2.75) is 6.54 Å². The number of methoxy groups -OCH3 is 1. The molecule has 20 heavy (non-hydrogen) atoms. The van der Waals surface area contributed by atoms with E-state index in [9.17, 15) is 9.18 Å². The van der Waals surface area contributed by atoms with Crippen molar-refractivity contribution >= 4 is 27.6 Å². The normalized spacial score (nSPS) is 10.2. The quantitative estimate of drug-likeness (QED) is 0.857. The molecule has 0 heterocycles. The Balaban J connectivity index is 2.22. The van der Waals surface area contributed by atoms with Gasteiger partial charge in [0.25, 0.3) is 0 Å². The molecule has 2 rings (SSSR count). The van der Waals surface area contributed by atoms with E-state index in [1.54, 1.807) is 0 Å². The first-order valence-corrected chi connectivity index (χ1v) is 6.76. The lowest BCUT2D eigenvalue weighted by Crippen LogP contribution is -2.09. The molecule has 2 aromatic carbocycles. The van der Waals surface area contributed by atoms with Crippen molar-refractivity contribution in [2.24, 2.45) is 0 Å². The molecular formula is C15H13BrFNO2. The van der Waals surface area contributed by atoms with Gasteiger partial charge in [0.15, 0.2) is 0 Å². The Bertz CT molecular complexity index is 631.